The first-order valence-electron chi connectivity index (χ1n) is 11.7. The van der Waals surface area contributed by atoms with Crippen LogP contribution < -0.4 is 10.5 Å². The minimum absolute atomic E-state index is 0.0509. The fraction of sp³-hybridized carbons (Fsp3) is 0.385. The zero-order valence-electron chi connectivity index (χ0n) is 19.3. The Morgan fingerprint density at radius 3 is 2.68 bits per heavy atom. The molecule has 0 bridgehead atoms. The monoisotopic (exact) mass is 476 g/mol. The van der Waals surface area contributed by atoms with Gasteiger partial charge in [0.05, 0.1) is 23.6 Å². The average Bonchev–Trinajstić information content (AvgIpc) is 3.55. The quantitative estimate of drug-likeness (QED) is 0.518. The molecule has 2 aliphatic carbocycles. The van der Waals surface area contributed by atoms with Gasteiger partial charge in [-0.15, -0.1) is 10.2 Å². The van der Waals surface area contributed by atoms with Gasteiger partial charge in [0.25, 0.3) is 0 Å². The van der Waals surface area contributed by atoms with Crippen molar-refractivity contribution >= 4 is 28.6 Å². The van der Waals surface area contributed by atoms with E-state index in [1.54, 1.807) is 0 Å². The third kappa shape index (κ3) is 4.48. The van der Waals surface area contributed by atoms with E-state index in [9.17, 15) is 9.90 Å². The maximum absolute atomic E-state index is 12.6. The van der Waals surface area contributed by atoms with Crippen LogP contribution in [0.4, 0.5) is 5.69 Å². The summed E-state index contributed by atoms with van der Waals surface area (Å²) in [6, 6.07) is 11.7. The molecule has 1 saturated carbocycles. The van der Waals surface area contributed by atoms with Crippen molar-refractivity contribution < 1.29 is 14.6 Å². The average molecular weight is 477 g/mol. The molecule has 1 heterocycles. The lowest BCUT2D eigenvalue weighted by atomic mass is 10.0. The largest absolute Gasteiger partial charge is 0.489 e. The highest BCUT2D eigenvalue weighted by atomic mass is 32.1. The molecule has 1 fully saturated rings. The minimum atomic E-state index is -0.377. The van der Waals surface area contributed by atoms with Crippen LogP contribution in [0.15, 0.2) is 41.4 Å². The first kappa shape index (κ1) is 22.7. The molecule has 0 saturated heterocycles. The Balaban J connectivity index is 1.40. The lowest BCUT2D eigenvalue weighted by Crippen LogP contribution is -2.12. The van der Waals surface area contributed by atoms with Crippen LogP contribution in [0.3, 0.4) is 0 Å². The van der Waals surface area contributed by atoms with Crippen LogP contribution >= 0.6 is 11.3 Å². The van der Waals surface area contributed by atoms with Crippen LogP contribution in [0.5, 0.6) is 5.75 Å². The molecule has 5 rings (SSSR count). The molecule has 1 amide bonds. The maximum atomic E-state index is 12.6. The van der Waals surface area contributed by atoms with Crippen LogP contribution in [0.1, 0.15) is 50.7 Å². The Morgan fingerprint density at radius 1 is 1.15 bits per heavy atom. The highest BCUT2D eigenvalue weighted by molar-refractivity contribution is 7.18. The number of benzene rings is 2. The number of fused-ring (bicyclic) bond motifs is 1. The number of hydrogen-bond donors (Lipinski definition) is 2. The molecule has 2 aliphatic rings. The normalized spacial score (nSPS) is 20.8. The first-order valence-corrected chi connectivity index (χ1v) is 12.5. The predicted octanol–water partition coefficient (Wildman–Crippen LogP) is 4.66. The number of hydrogen-bond acceptors (Lipinski definition) is 7. The summed E-state index contributed by atoms with van der Waals surface area (Å²) in [6.45, 7) is 3.93. The molecular weight excluding hydrogens is 448 g/mol. The Hall–Kier alpha value is -3.10. The van der Waals surface area contributed by atoms with Gasteiger partial charge in [-0.25, -0.2) is 4.99 Å². The lowest BCUT2D eigenvalue weighted by molar-refractivity contribution is -0.121. The number of aliphatic hydroxyl groups is 1. The van der Waals surface area contributed by atoms with E-state index in [4.69, 9.17) is 10.5 Å². The van der Waals surface area contributed by atoms with Gasteiger partial charge in [-0.3, -0.25) is 4.79 Å². The third-order valence-electron chi connectivity index (χ3n) is 6.37. The van der Waals surface area contributed by atoms with E-state index in [1.807, 2.05) is 44.2 Å². The van der Waals surface area contributed by atoms with E-state index in [0.717, 1.165) is 50.8 Å². The molecule has 1 aromatic heterocycles. The van der Waals surface area contributed by atoms with Crippen molar-refractivity contribution in [2.24, 2.45) is 10.9 Å². The van der Waals surface area contributed by atoms with Gasteiger partial charge >= 0.3 is 0 Å². The molecule has 3 aromatic rings. The van der Waals surface area contributed by atoms with Gasteiger partial charge in [-0.1, -0.05) is 29.5 Å². The summed E-state index contributed by atoms with van der Waals surface area (Å²) in [5, 5.41) is 20.2. The summed E-state index contributed by atoms with van der Waals surface area (Å²) in [5.41, 5.74) is 11.7. The number of aromatic nitrogens is 2. The van der Waals surface area contributed by atoms with Gasteiger partial charge in [0.2, 0.25) is 5.91 Å². The van der Waals surface area contributed by atoms with E-state index in [0.29, 0.717) is 30.7 Å². The van der Waals surface area contributed by atoms with Crippen molar-refractivity contribution in [1.82, 2.24) is 10.2 Å². The number of nitrogens with two attached hydrogens (primary N) is 1. The maximum Gasteiger partial charge on any atom is 0.249 e. The number of amides is 1. The standard InChI is InChI=1S/C26H28N4O3S/c1-14(2)33-23-11-7-16(13-21(23)27)25-29-30-26(34-25)20-5-3-4-19-18(20)9-10-22(19)28-24(32)15-6-8-17(31)12-15/h3-5,7,11,13-15,17,31H,6,8-10,12,27H2,1-2H3. The Morgan fingerprint density at radius 2 is 1.94 bits per heavy atom. The number of nitrogens with zero attached hydrogens (tertiary/aromatic N) is 3. The number of aliphatic hydroxyl groups excluding tert-OH is 1. The number of carbonyl (C=O) groups excluding carboxylic acids is 1. The third-order valence-corrected chi connectivity index (χ3v) is 7.38. The van der Waals surface area contributed by atoms with Gasteiger partial charge < -0.3 is 15.6 Å². The minimum Gasteiger partial charge on any atom is -0.489 e. The van der Waals surface area contributed by atoms with E-state index in [1.165, 1.54) is 11.3 Å². The molecule has 8 heteroatoms. The summed E-state index contributed by atoms with van der Waals surface area (Å²) < 4.78 is 5.73. The molecule has 2 unspecified atom stereocenters. The fourth-order valence-corrected chi connectivity index (χ4v) is 5.61. The molecule has 3 N–H and O–H groups in total. The number of ether oxygens (including phenoxy) is 1. The lowest BCUT2D eigenvalue weighted by Gasteiger charge is -2.12. The van der Waals surface area contributed by atoms with Crippen molar-refractivity contribution in [1.29, 1.82) is 0 Å². The zero-order valence-corrected chi connectivity index (χ0v) is 20.1. The molecule has 0 spiro atoms. The number of rotatable bonds is 5. The molecular formula is C26H28N4O3S. The van der Waals surface area contributed by atoms with Gasteiger partial charge in [0.15, 0.2) is 0 Å². The van der Waals surface area contributed by atoms with E-state index in [-0.39, 0.29) is 24.0 Å². The highest BCUT2D eigenvalue weighted by Crippen LogP contribution is 2.38. The molecule has 34 heavy (non-hydrogen) atoms. The highest BCUT2D eigenvalue weighted by Gasteiger charge is 2.30. The molecule has 0 aliphatic heterocycles. The molecule has 2 atom stereocenters. The molecule has 7 nitrogen and oxygen atoms in total. The fourth-order valence-electron chi connectivity index (χ4n) is 4.72. The van der Waals surface area contributed by atoms with Crippen molar-refractivity contribution in [2.45, 2.75) is 58.2 Å². The Kier molecular flexibility index (Phi) is 6.18. The summed E-state index contributed by atoms with van der Waals surface area (Å²) in [7, 11) is 0. The summed E-state index contributed by atoms with van der Waals surface area (Å²) in [6.07, 6.45) is 3.13. The summed E-state index contributed by atoms with van der Waals surface area (Å²) in [5.74, 6) is 0.397. The molecule has 176 valence electrons. The van der Waals surface area contributed by atoms with Crippen LogP contribution in [0.2, 0.25) is 0 Å². The second-order valence-corrected chi connectivity index (χ2v) is 10.2. The van der Waals surface area contributed by atoms with Gasteiger partial charge in [0, 0.05) is 17.0 Å². The SMILES string of the molecule is CC(C)Oc1ccc(-c2nnc(-c3cccc4c3CCC4=NC(=O)C3CCC(O)C3)s2)cc1N. The van der Waals surface area contributed by atoms with Gasteiger partial charge in [-0.05, 0) is 75.3 Å². The van der Waals surface area contributed by atoms with Crippen LogP contribution in [0, 0.1) is 5.92 Å². The number of carbonyl (C=O) groups is 1. The van der Waals surface area contributed by atoms with E-state index >= 15 is 0 Å². The van der Waals surface area contributed by atoms with Crippen LogP contribution in [0.25, 0.3) is 21.1 Å². The predicted molar refractivity (Wildman–Crippen MR) is 134 cm³/mol. The van der Waals surface area contributed by atoms with E-state index in [2.05, 4.69) is 21.3 Å². The first-order chi connectivity index (χ1) is 16.4. The summed E-state index contributed by atoms with van der Waals surface area (Å²) in [4.78, 5) is 17.1. The van der Waals surface area contributed by atoms with Gasteiger partial charge in [-0.2, -0.15) is 0 Å². The number of aliphatic imine (C=N–C) groups is 1. The number of anilines is 1. The summed E-state index contributed by atoms with van der Waals surface area (Å²) >= 11 is 1.52. The Bertz CT molecular complexity index is 1270. The van der Waals surface area contributed by atoms with Crippen molar-refractivity contribution in [3.05, 3.63) is 47.5 Å². The van der Waals surface area contributed by atoms with Crippen LogP contribution in [-0.2, 0) is 11.2 Å². The van der Waals surface area contributed by atoms with Gasteiger partial charge in [0.1, 0.15) is 15.8 Å². The molecule has 0 radical (unpaired) electrons. The zero-order chi connectivity index (χ0) is 23.8. The smallest absolute Gasteiger partial charge is 0.249 e. The Labute approximate surface area is 202 Å². The van der Waals surface area contributed by atoms with Crippen molar-refractivity contribution in [3.8, 4) is 26.9 Å². The van der Waals surface area contributed by atoms with Crippen LogP contribution in [-0.4, -0.2) is 39.1 Å². The second kappa shape index (κ2) is 9.27. The second-order valence-electron chi connectivity index (χ2n) is 9.22. The molecule has 2 aromatic carbocycles. The topological polar surface area (TPSA) is 111 Å². The van der Waals surface area contributed by atoms with E-state index < -0.39 is 0 Å². The van der Waals surface area contributed by atoms with Crippen molar-refractivity contribution in [2.75, 3.05) is 5.73 Å². The van der Waals surface area contributed by atoms with Crippen molar-refractivity contribution in [3.63, 3.8) is 0 Å². The number of nitrogen functional groups attached to an aromatic ring is 1.